The minimum atomic E-state index is -0.329. The second kappa shape index (κ2) is 6.81. The summed E-state index contributed by atoms with van der Waals surface area (Å²) in [5.41, 5.74) is 4.20. The molecule has 2 aliphatic rings. The van der Waals surface area contributed by atoms with Gasteiger partial charge in [-0.15, -0.1) is 0 Å². The molecule has 1 unspecified atom stereocenters. The summed E-state index contributed by atoms with van der Waals surface area (Å²) in [5, 5.41) is 0. The Balaban J connectivity index is 1.62. The van der Waals surface area contributed by atoms with Gasteiger partial charge in [-0.1, -0.05) is 72.8 Å². The zero-order valence-corrected chi connectivity index (χ0v) is 16.6. The highest BCUT2D eigenvalue weighted by Gasteiger charge is 2.51. The molecule has 0 aromatic heterocycles. The van der Waals surface area contributed by atoms with Gasteiger partial charge in [0.25, 0.3) is 0 Å². The predicted octanol–water partition coefficient (Wildman–Crippen LogP) is 5.25. The Bertz CT molecular complexity index is 879. The van der Waals surface area contributed by atoms with Crippen LogP contribution in [0.2, 0.25) is 0 Å². The van der Waals surface area contributed by atoms with Crippen LogP contribution in [0.5, 0.6) is 0 Å². The van der Waals surface area contributed by atoms with Crippen molar-refractivity contribution < 1.29 is 9.31 Å². The number of allylic oxidation sites excluding steroid dienone is 4. The summed E-state index contributed by atoms with van der Waals surface area (Å²) in [6, 6.07) is 17.4. The van der Waals surface area contributed by atoms with E-state index in [4.69, 9.17) is 9.31 Å². The second-order valence-corrected chi connectivity index (χ2v) is 8.49. The third-order valence-electron chi connectivity index (χ3n) is 6.04. The monoisotopic (exact) mass is 358 g/mol. The van der Waals surface area contributed by atoms with Crippen LogP contribution >= 0.6 is 0 Å². The highest BCUT2D eigenvalue weighted by atomic mass is 16.7. The molecule has 0 spiro atoms. The first kappa shape index (κ1) is 18.3. The molecule has 138 valence electrons. The second-order valence-electron chi connectivity index (χ2n) is 8.49. The summed E-state index contributed by atoms with van der Waals surface area (Å²) in [6.07, 6.45) is 9.83. The van der Waals surface area contributed by atoms with Crippen LogP contribution in [-0.4, -0.2) is 18.3 Å². The lowest BCUT2D eigenvalue weighted by atomic mass is 9.78. The maximum Gasteiger partial charge on any atom is 0.494 e. The lowest BCUT2D eigenvalue weighted by molar-refractivity contribution is 0.00578. The van der Waals surface area contributed by atoms with Gasteiger partial charge in [-0.05, 0) is 56.3 Å². The molecular weight excluding hydrogens is 331 g/mol. The van der Waals surface area contributed by atoms with Crippen LogP contribution in [-0.2, 0) is 9.31 Å². The lowest BCUT2D eigenvalue weighted by Gasteiger charge is -2.32. The Morgan fingerprint density at radius 1 is 0.852 bits per heavy atom. The van der Waals surface area contributed by atoms with Gasteiger partial charge in [-0.2, -0.15) is 0 Å². The molecule has 1 atom stereocenters. The van der Waals surface area contributed by atoms with Gasteiger partial charge in [0.15, 0.2) is 0 Å². The van der Waals surface area contributed by atoms with Gasteiger partial charge in [0.1, 0.15) is 0 Å². The van der Waals surface area contributed by atoms with E-state index in [0.717, 1.165) is 11.9 Å². The van der Waals surface area contributed by atoms with Crippen LogP contribution in [0, 0.1) is 0 Å². The van der Waals surface area contributed by atoms with E-state index >= 15 is 0 Å². The zero-order valence-electron chi connectivity index (χ0n) is 16.6. The van der Waals surface area contributed by atoms with Crippen molar-refractivity contribution in [3.05, 3.63) is 78.4 Å². The first-order valence-corrected chi connectivity index (χ1v) is 9.75. The average Bonchev–Trinajstić information content (AvgIpc) is 2.90. The van der Waals surface area contributed by atoms with Crippen LogP contribution in [0.3, 0.4) is 0 Å². The molecule has 1 fully saturated rings. The van der Waals surface area contributed by atoms with Crippen LogP contribution in [0.15, 0.2) is 72.8 Å². The van der Waals surface area contributed by atoms with E-state index in [1.54, 1.807) is 0 Å². The number of hydrogen-bond acceptors (Lipinski definition) is 2. The predicted molar refractivity (Wildman–Crippen MR) is 113 cm³/mol. The van der Waals surface area contributed by atoms with Crippen molar-refractivity contribution in [2.24, 2.45) is 0 Å². The third-order valence-corrected chi connectivity index (χ3v) is 6.04. The average molecular weight is 358 g/mol. The molecule has 4 rings (SSSR count). The molecule has 1 aliphatic heterocycles. The van der Waals surface area contributed by atoms with Crippen LogP contribution in [0.4, 0.5) is 0 Å². The summed E-state index contributed by atoms with van der Waals surface area (Å²) >= 11 is 0. The fraction of sp³-hybridized carbons (Fsp3) is 0.333. The molecular formula is C24H27BO2. The van der Waals surface area contributed by atoms with Crippen molar-refractivity contribution in [1.29, 1.82) is 0 Å². The van der Waals surface area contributed by atoms with E-state index in [2.05, 4.69) is 101 Å². The Kier molecular flexibility index (Phi) is 4.61. The van der Waals surface area contributed by atoms with E-state index < -0.39 is 0 Å². The zero-order chi connectivity index (χ0) is 19.1. The molecule has 1 aliphatic carbocycles. The van der Waals surface area contributed by atoms with Crippen molar-refractivity contribution in [2.75, 3.05) is 0 Å². The summed E-state index contributed by atoms with van der Waals surface area (Å²) in [7, 11) is -0.329. The molecule has 2 aromatic rings. The molecule has 0 bridgehead atoms. The Hall–Kier alpha value is -2.10. The molecule has 0 saturated carbocycles. The molecule has 1 heterocycles. The number of rotatable bonds is 3. The maximum atomic E-state index is 6.22. The first-order chi connectivity index (χ1) is 12.9. The fourth-order valence-corrected chi connectivity index (χ4v) is 3.62. The SMILES string of the molecule is CC1(C)OB(c2cccc(-c3cccc(C4C=CC=CC4)c3)c2)OC1(C)C. The molecule has 1 saturated heterocycles. The minimum Gasteiger partial charge on any atom is -0.399 e. The van der Waals surface area contributed by atoms with E-state index in [9.17, 15) is 0 Å². The van der Waals surface area contributed by atoms with Gasteiger partial charge >= 0.3 is 7.12 Å². The Labute approximate surface area is 163 Å². The van der Waals surface area contributed by atoms with Gasteiger partial charge < -0.3 is 9.31 Å². The summed E-state index contributed by atoms with van der Waals surface area (Å²) in [6.45, 7) is 8.36. The maximum absolute atomic E-state index is 6.22. The van der Waals surface area contributed by atoms with E-state index in [0.29, 0.717) is 5.92 Å². The van der Waals surface area contributed by atoms with Gasteiger partial charge in [0.05, 0.1) is 11.2 Å². The van der Waals surface area contributed by atoms with Gasteiger partial charge in [-0.3, -0.25) is 0 Å². The molecule has 0 amide bonds. The van der Waals surface area contributed by atoms with E-state index in [-0.39, 0.29) is 18.3 Å². The van der Waals surface area contributed by atoms with Crippen LogP contribution < -0.4 is 5.46 Å². The normalized spacial score (nSPS) is 23.0. The van der Waals surface area contributed by atoms with E-state index in [1.165, 1.54) is 16.7 Å². The quantitative estimate of drug-likeness (QED) is 0.698. The summed E-state index contributed by atoms with van der Waals surface area (Å²) < 4.78 is 12.4. The molecule has 27 heavy (non-hydrogen) atoms. The molecule has 0 N–H and O–H groups in total. The topological polar surface area (TPSA) is 18.5 Å². The highest BCUT2D eigenvalue weighted by Crippen LogP contribution is 2.36. The number of benzene rings is 2. The summed E-state index contributed by atoms with van der Waals surface area (Å²) in [5.74, 6) is 0.459. The van der Waals surface area contributed by atoms with Gasteiger partial charge in [0, 0.05) is 5.92 Å². The van der Waals surface area contributed by atoms with Gasteiger partial charge in [0.2, 0.25) is 0 Å². The van der Waals surface area contributed by atoms with Gasteiger partial charge in [-0.25, -0.2) is 0 Å². The Morgan fingerprint density at radius 2 is 1.52 bits per heavy atom. The smallest absolute Gasteiger partial charge is 0.399 e. The van der Waals surface area contributed by atoms with E-state index in [1.807, 2.05) is 0 Å². The molecule has 0 radical (unpaired) electrons. The lowest BCUT2D eigenvalue weighted by Crippen LogP contribution is -2.41. The Morgan fingerprint density at radius 3 is 2.19 bits per heavy atom. The van der Waals surface area contributed by atoms with Crippen molar-refractivity contribution in [3.63, 3.8) is 0 Å². The largest absolute Gasteiger partial charge is 0.494 e. The van der Waals surface area contributed by atoms with Crippen LogP contribution in [0.1, 0.15) is 45.6 Å². The minimum absolute atomic E-state index is 0.325. The van der Waals surface area contributed by atoms with Crippen molar-refractivity contribution in [3.8, 4) is 11.1 Å². The highest BCUT2D eigenvalue weighted by molar-refractivity contribution is 6.62. The van der Waals surface area contributed by atoms with Crippen molar-refractivity contribution >= 4 is 12.6 Å². The van der Waals surface area contributed by atoms with Crippen molar-refractivity contribution in [1.82, 2.24) is 0 Å². The van der Waals surface area contributed by atoms with Crippen molar-refractivity contribution in [2.45, 2.75) is 51.2 Å². The molecule has 2 aromatic carbocycles. The number of hydrogen-bond donors (Lipinski definition) is 0. The fourth-order valence-electron chi connectivity index (χ4n) is 3.62. The molecule has 2 nitrogen and oxygen atoms in total. The standard InChI is InChI=1S/C24H27BO2/c1-23(2)24(3,4)27-25(26-23)22-15-9-14-21(17-22)20-13-8-12-19(16-20)18-10-6-5-7-11-18/h5-10,12-18H,11H2,1-4H3. The van der Waals surface area contributed by atoms with Crippen LogP contribution in [0.25, 0.3) is 11.1 Å². The summed E-state index contributed by atoms with van der Waals surface area (Å²) in [4.78, 5) is 0. The molecule has 3 heteroatoms. The first-order valence-electron chi connectivity index (χ1n) is 9.75. The third kappa shape index (κ3) is 3.54.